The Morgan fingerprint density at radius 2 is 2.03 bits per heavy atom. The first-order valence-electron chi connectivity index (χ1n) is 12.1. The number of nitrogens with one attached hydrogen (secondary N) is 2. The molecular formula is C23H33I2N2O6-. The second kappa shape index (κ2) is 7.64. The number of alkyl halides is 3. The van der Waals surface area contributed by atoms with Gasteiger partial charge in [-0.15, -0.1) is 0 Å². The van der Waals surface area contributed by atoms with E-state index in [2.05, 4.69) is 18.9 Å². The van der Waals surface area contributed by atoms with Crippen molar-refractivity contribution in [1.29, 1.82) is 0 Å². The summed E-state index contributed by atoms with van der Waals surface area (Å²) < 4.78 is 24.0. The average molecular weight is 687 g/mol. The van der Waals surface area contributed by atoms with Gasteiger partial charge in [0.2, 0.25) is 0 Å². The molecule has 3 saturated carbocycles. The number of carbonyl (C=O) groups is 3. The van der Waals surface area contributed by atoms with E-state index in [0.29, 0.717) is 18.3 Å². The Morgan fingerprint density at radius 3 is 2.58 bits per heavy atom. The van der Waals surface area contributed by atoms with Crippen LogP contribution in [-0.2, 0) is 28.6 Å². The van der Waals surface area contributed by atoms with E-state index in [4.69, 9.17) is 14.2 Å². The molecule has 9 atom stereocenters. The molecule has 6 rings (SSSR count). The number of ether oxygens (including phenoxy) is 3. The van der Waals surface area contributed by atoms with Crippen molar-refractivity contribution in [2.24, 2.45) is 35.5 Å². The molecule has 3 aliphatic heterocycles. The Labute approximate surface area is 212 Å². The van der Waals surface area contributed by atoms with Gasteiger partial charge in [0.25, 0.3) is 0 Å². The third kappa shape index (κ3) is 3.21. The molecule has 3 heterocycles. The summed E-state index contributed by atoms with van der Waals surface area (Å²) in [5, 5.41) is 0. The monoisotopic (exact) mass is 687 g/mol. The predicted octanol–water partition coefficient (Wildman–Crippen LogP) is -0.513. The molecule has 0 aromatic carbocycles. The van der Waals surface area contributed by atoms with Gasteiger partial charge in [-0.3, -0.25) is 0 Å². The van der Waals surface area contributed by atoms with Gasteiger partial charge in [-0.2, -0.15) is 0 Å². The minimum absolute atomic E-state index is 0.00197. The summed E-state index contributed by atoms with van der Waals surface area (Å²) in [4.78, 5) is 42.0. The summed E-state index contributed by atoms with van der Waals surface area (Å²) in [5.41, 5.74) is -0.393. The third-order valence-corrected chi connectivity index (χ3v) is 18.6. The van der Waals surface area contributed by atoms with Crippen LogP contribution in [0.1, 0.15) is 59.3 Å². The van der Waals surface area contributed by atoms with Gasteiger partial charge >= 0.3 is 214 Å². The molecule has 4 bridgehead atoms. The summed E-state index contributed by atoms with van der Waals surface area (Å²) in [6.45, 7) is 6.06. The van der Waals surface area contributed by atoms with Gasteiger partial charge in [0.15, 0.2) is 0 Å². The molecule has 9 unspecified atom stereocenters. The van der Waals surface area contributed by atoms with E-state index in [1.54, 1.807) is 0 Å². The molecule has 2 N–H and O–H groups in total. The first-order chi connectivity index (χ1) is 15.7. The summed E-state index contributed by atoms with van der Waals surface area (Å²) in [5.74, 6) is -1.39. The zero-order valence-corrected chi connectivity index (χ0v) is 23.8. The summed E-state index contributed by atoms with van der Waals surface area (Å²) in [7, 11) is 0. The minimum atomic E-state index is -1.34. The summed E-state index contributed by atoms with van der Waals surface area (Å²) in [6.07, 6.45) is 4.86. The maximum atomic E-state index is 13.6. The van der Waals surface area contributed by atoms with Crippen LogP contribution in [0.2, 0.25) is 0 Å². The van der Waals surface area contributed by atoms with Gasteiger partial charge in [0.05, 0.1) is 0 Å². The average Bonchev–Trinajstić information content (AvgIpc) is 3.50. The zero-order chi connectivity index (χ0) is 23.3. The molecule has 0 radical (unpaired) electrons. The number of esters is 3. The van der Waals surface area contributed by atoms with E-state index in [1.165, 1.54) is 6.42 Å². The van der Waals surface area contributed by atoms with Gasteiger partial charge in [-0.05, 0) is 0 Å². The van der Waals surface area contributed by atoms with Crippen LogP contribution in [0.5, 0.6) is 0 Å². The quantitative estimate of drug-likeness (QED) is 0.0918. The zero-order valence-electron chi connectivity index (χ0n) is 19.5. The molecule has 6 aliphatic rings. The van der Waals surface area contributed by atoms with Gasteiger partial charge in [0, 0.05) is 0 Å². The number of fused-ring (bicyclic) bond motifs is 5. The molecule has 33 heavy (non-hydrogen) atoms. The molecule has 0 aromatic rings. The van der Waals surface area contributed by atoms with E-state index in [1.807, 2.05) is 13.8 Å². The van der Waals surface area contributed by atoms with Crippen LogP contribution < -0.4 is 28.3 Å². The van der Waals surface area contributed by atoms with E-state index >= 15 is 0 Å². The normalized spacial score (nSPS) is 46.4. The van der Waals surface area contributed by atoms with Crippen LogP contribution >= 0.6 is 20.4 Å². The van der Waals surface area contributed by atoms with Crippen LogP contribution in [0, 0.1) is 35.5 Å². The van der Waals surface area contributed by atoms with E-state index < -0.39 is 74.7 Å². The number of hydrogen-bond donors (Lipinski definition) is 2. The molecule has 6 fully saturated rings. The molecule has 8 nitrogen and oxygen atoms in total. The van der Waals surface area contributed by atoms with Crippen molar-refractivity contribution >= 4 is 38.3 Å². The second-order valence-electron chi connectivity index (χ2n) is 10.9. The summed E-state index contributed by atoms with van der Waals surface area (Å²) >= 11 is -1.81. The van der Waals surface area contributed by atoms with Gasteiger partial charge in [0.1, 0.15) is 0 Å². The van der Waals surface area contributed by atoms with Crippen molar-refractivity contribution in [2.75, 3.05) is 4.93 Å². The van der Waals surface area contributed by atoms with Crippen LogP contribution in [0.4, 0.5) is 0 Å². The van der Waals surface area contributed by atoms with Gasteiger partial charge in [-0.25, -0.2) is 0 Å². The molecular weight excluding hydrogens is 654 g/mol. The number of hydrogen-bond acceptors (Lipinski definition) is 8. The fourth-order valence-corrected chi connectivity index (χ4v) is 17.5. The number of rotatable bonds is 7. The topological polar surface area (TPSA) is 123 Å². The third-order valence-electron chi connectivity index (χ3n) is 9.35. The van der Waals surface area contributed by atoms with Gasteiger partial charge in [-0.1, -0.05) is 0 Å². The Bertz CT molecular complexity index is 911. The Morgan fingerprint density at radius 1 is 1.30 bits per heavy atom. The molecule has 0 spiro atoms. The fourth-order valence-electron chi connectivity index (χ4n) is 7.15. The number of cyclic esters (lactones) is 1. The van der Waals surface area contributed by atoms with Crippen LogP contribution in [0.25, 0.3) is 0 Å². The predicted molar refractivity (Wildman–Crippen MR) is 122 cm³/mol. The van der Waals surface area contributed by atoms with Crippen molar-refractivity contribution < 1.29 is 49.8 Å². The Kier molecular flexibility index (Phi) is 5.38. The maximum absolute atomic E-state index is 13.6. The second-order valence-corrected chi connectivity index (χ2v) is 18.4. The Balaban J connectivity index is 1.22. The number of halogens is 2. The molecule has 3 aliphatic carbocycles. The molecule has 0 amide bonds. The molecule has 3 saturated heterocycles. The van der Waals surface area contributed by atoms with Crippen LogP contribution in [-0.4, -0.2) is 41.8 Å². The van der Waals surface area contributed by atoms with Crippen molar-refractivity contribution in [2.45, 2.75) is 78.3 Å². The SMILES string of the molecule is CCC1(OC(=O)C2C3CC(C)C2C(=O)OC3OC(=O)C(C)([I-]C)C23NI2N3)CC2CCC1C2. The first-order valence-corrected chi connectivity index (χ1v) is 18.6. The molecule has 186 valence electrons. The van der Waals surface area contributed by atoms with Crippen LogP contribution in [0.15, 0.2) is 0 Å². The van der Waals surface area contributed by atoms with Crippen molar-refractivity contribution in [1.82, 2.24) is 7.06 Å². The van der Waals surface area contributed by atoms with Crippen molar-refractivity contribution in [3.05, 3.63) is 0 Å². The first kappa shape index (κ1) is 23.2. The molecule has 0 aromatic heterocycles. The standard InChI is InChI=1S/C23H33I2N2O6/c1-5-22(10-12-6-7-13(22)9-12)33-18(29)16-14-8-11(2)15(16)17(28)31-19(14)32-20(30)21(3,24-4)23-25(26-23)27-23/h11-16,19,26-27H,5-10H2,1-4H3/q-1. The summed E-state index contributed by atoms with van der Waals surface area (Å²) in [6, 6.07) is 0. The van der Waals surface area contributed by atoms with E-state index in [0.717, 1.165) is 25.7 Å². The van der Waals surface area contributed by atoms with Crippen molar-refractivity contribution in [3.63, 3.8) is 0 Å². The fraction of sp³-hybridized carbons (Fsp3) is 0.870. The Hall–Kier alpha value is -0.210. The van der Waals surface area contributed by atoms with Crippen molar-refractivity contribution in [3.8, 4) is 0 Å². The van der Waals surface area contributed by atoms with E-state index in [-0.39, 0.29) is 27.4 Å². The van der Waals surface area contributed by atoms with E-state index in [9.17, 15) is 14.4 Å². The van der Waals surface area contributed by atoms with Crippen LogP contribution in [0.3, 0.4) is 0 Å². The van der Waals surface area contributed by atoms with Gasteiger partial charge < -0.3 is 0 Å². The number of carbonyl (C=O) groups excluding carboxylic acids is 3. The molecule has 10 heteroatoms.